The molecule has 166 valence electrons. The molecule has 2 heterocycles. The van der Waals surface area contributed by atoms with E-state index in [0.717, 1.165) is 24.8 Å². The first-order valence-corrected chi connectivity index (χ1v) is 11.0. The lowest BCUT2D eigenvalue weighted by molar-refractivity contribution is -0.131. The van der Waals surface area contributed by atoms with Crippen LogP contribution in [0.15, 0.2) is 60.8 Å². The minimum Gasteiger partial charge on any atom is -0.490 e. The molecule has 1 aliphatic heterocycles. The lowest BCUT2D eigenvalue weighted by atomic mass is 10.1. The van der Waals surface area contributed by atoms with E-state index in [1.807, 2.05) is 30.3 Å². The van der Waals surface area contributed by atoms with Crippen LogP contribution in [0.5, 0.6) is 17.4 Å². The minimum absolute atomic E-state index is 0.103. The Hall–Kier alpha value is -3.12. The molecule has 0 saturated heterocycles. The number of para-hydroxylation sites is 2. The van der Waals surface area contributed by atoms with Gasteiger partial charge in [0.1, 0.15) is 5.82 Å². The van der Waals surface area contributed by atoms with E-state index in [9.17, 15) is 9.18 Å². The highest BCUT2D eigenvalue weighted by Crippen LogP contribution is 2.33. The third kappa shape index (κ3) is 5.37. The highest BCUT2D eigenvalue weighted by atomic mass is 35.5. The molecule has 2 aromatic carbocycles. The normalized spacial score (nSPS) is 14.5. The Kier molecular flexibility index (Phi) is 7.22. The van der Waals surface area contributed by atoms with Crippen LogP contribution in [-0.4, -0.2) is 28.9 Å². The second-order valence-electron chi connectivity index (χ2n) is 7.62. The van der Waals surface area contributed by atoms with Gasteiger partial charge in [0.15, 0.2) is 11.5 Å². The maximum absolute atomic E-state index is 14.3. The molecule has 0 fully saturated rings. The van der Waals surface area contributed by atoms with Gasteiger partial charge in [0, 0.05) is 28.9 Å². The number of halogens is 2. The zero-order valence-corrected chi connectivity index (χ0v) is 18.4. The van der Waals surface area contributed by atoms with Gasteiger partial charge in [-0.3, -0.25) is 4.79 Å². The van der Waals surface area contributed by atoms with Gasteiger partial charge in [-0.05, 0) is 49.6 Å². The Labute approximate surface area is 191 Å². The molecule has 0 N–H and O–H groups in total. The van der Waals surface area contributed by atoms with Crippen molar-refractivity contribution in [3.8, 4) is 17.4 Å². The molecule has 0 bridgehead atoms. The van der Waals surface area contributed by atoms with Crippen molar-refractivity contribution in [3.05, 3.63) is 82.8 Å². The van der Waals surface area contributed by atoms with Gasteiger partial charge in [0.25, 0.3) is 0 Å². The van der Waals surface area contributed by atoms with Crippen molar-refractivity contribution in [3.63, 3.8) is 0 Å². The van der Waals surface area contributed by atoms with E-state index in [1.54, 1.807) is 23.2 Å². The Balaban J connectivity index is 1.62. The number of aromatic nitrogens is 1. The number of hydrogen-bond acceptors (Lipinski definition) is 4. The van der Waals surface area contributed by atoms with Gasteiger partial charge in [-0.2, -0.15) is 0 Å². The van der Waals surface area contributed by atoms with E-state index >= 15 is 0 Å². The summed E-state index contributed by atoms with van der Waals surface area (Å²) in [6, 6.07) is 15.6. The van der Waals surface area contributed by atoms with Gasteiger partial charge >= 0.3 is 0 Å². The lowest BCUT2D eigenvalue weighted by Gasteiger charge is -2.24. The molecule has 4 rings (SSSR count). The van der Waals surface area contributed by atoms with Crippen LogP contribution in [0, 0.1) is 5.82 Å². The summed E-state index contributed by atoms with van der Waals surface area (Å²) in [5.74, 6) is 0.965. The Bertz CT molecular complexity index is 1070. The molecule has 1 aromatic heterocycles. The van der Waals surface area contributed by atoms with Crippen LogP contribution in [0.25, 0.3) is 0 Å². The number of hydrogen-bond donors (Lipinski definition) is 0. The molecule has 0 radical (unpaired) electrons. The van der Waals surface area contributed by atoms with Crippen molar-refractivity contribution in [2.45, 2.75) is 32.2 Å². The monoisotopic (exact) mass is 454 g/mol. The summed E-state index contributed by atoms with van der Waals surface area (Å²) in [6.45, 7) is 1.39. The predicted octanol–water partition coefficient (Wildman–Crippen LogP) is 5.80. The largest absolute Gasteiger partial charge is 0.490 e. The summed E-state index contributed by atoms with van der Waals surface area (Å²) in [4.78, 5) is 19.3. The maximum atomic E-state index is 14.3. The first kappa shape index (κ1) is 22.1. The average Bonchev–Trinajstić information content (AvgIpc) is 2.81. The number of rotatable bonds is 2. The fourth-order valence-electron chi connectivity index (χ4n) is 3.62. The minimum atomic E-state index is -0.476. The van der Waals surface area contributed by atoms with E-state index in [1.165, 1.54) is 12.1 Å². The van der Waals surface area contributed by atoms with Gasteiger partial charge in [-0.15, -0.1) is 0 Å². The van der Waals surface area contributed by atoms with Crippen molar-refractivity contribution in [1.82, 2.24) is 9.88 Å². The molecule has 1 amide bonds. The van der Waals surface area contributed by atoms with E-state index in [2.05, 4.69) is 4.98 Å². The third-order valence-corrected chi connectivity index (χ3v) is 5.69. The zero-order valence-electron chi connectivity index (χ0n) is 17.6. The first-order valence-electron chi connectivity index (χ1n) is 10.7. The van der Waals surface area contributed by atoms with Crippen LogP contribution < -0.4 is 9.47 Å². The summed E-state index contributed by atoms with van der Waals surface area (Å²) in [6.07, 6.45) is 4.09. The molecule has 1 aliphatic rings. The molecule has 0 spiro atoms. The SMILES string of the molecule is O=C(Cc1c(F)cccc1Cl)N1CCCCCOc2ccccc2Oc2ncccc2C1. The number of carbonyl (C=O) groups is 1. The lowest BCUT2D eigenvalue weighted by Crippen LogP contribution is -2.33. The van der Waals surface area contributed by atoms with Crippen LogP contribution in [0.4, 0.5) is 4.39 Å². The van der Waals surface area contributed by atoms with Gasteiger partial charge in [0.05, 0.1) is 19.6 Å². The van der Waals surface area contributed by atoms with Gasteiger partial charge < -0.3 is 14.4 Å². The Morgan fingerprint density at radius 1 is 1.03 bits per heavy atom. The summed E-state index contributed by atoms with van der Waals surface area (Å²) in [5.41, 5.74) is 0.974. The van der Waals surface area contributed by atoms with Crippen molar-refractivity contribution < 1.29 is 18.7 Å². The average molecular weight is 455 g/mol. The number of amides is 1. The van der Waals surface area contributed by atoms with Crippen molar-refractivity contribution in [2.75, 3.05) is 13.2 Å². The van der Waals surface area contributed by atoms with E-state index in [0.29, 0.717) is 37.1 Å². The fraction of sp³-hybridized carbons (Fsp3) is 0.280. The van der Waals surface area contributed by atoms with E-state index in [-0.39, 0.29) is 22.9 Å². The van der Waals surface area contributed by atoms with E-state index in [4.69, 9.17) is 21.1 Å². The number of nitrogens with zero attached hydrogens (tertiary/aromatic N) is 2. The number of carbonyl (C=O) groups excluding carboxylic acids is 1. The first-order chi connectivity index (χ1) is 15.6. The quantitative estimate of drug-likeness (QED) is 0.491. The van der Waals surface area contributed by atoms with E-state index < -0.39 is 5.82 Å². The van der Waals surface area contributed by atoms with Crippen LogP contribution >= 0.6 is 11.6 Å². The standard InChI is InChI=1S/C25H24ClFN2O3/c26-20-9-6-10-21(27)19(20)16-24(30)29-14-4-1-5-15-31-22-11-2-3-12-23(22)32-25-18(17-29)8-7-13-28-25/h2-3,6-13H,1,4-5,14-17H2. The molecule has 5 nitrogen and oxygen atoms in total. The van der Waals surface area contributed by atoms with Crippen molar-refractivity contribution in [2.24, 2.45) is 0 Å². The Morgan fingerprint density at radius 3 is 2.72 bits per heavy atom. The topological polar surface area (TPSA) is 51.7 Å². The summed E-state index contributed by atoms with van der Waals surface area (Å²) >= 11 is 6.15. The van der Waals surface area contributed by atoms with Gasteiger partial charge in [0.2, 0.25) is 11.8 Å². The molecule has 0 aliphatic carbocycles. The summed E-state index contributed by atoms with van der Waals surface area (Å²) in [5, 5.41) is 0.253. The van der Waals surface area contributed by atoms with Gasteiger partial charge in [-0.25, -0.2) is 9.37 Å². The maximum Gasteiger partial charge on any atom is 0.227 e. The molecule has 7 heteroatoms. The smallest absolute Gasteiger partial charge is 0.227 e. The summed E-state index contributed by atoms with van der Waals surface area (Å²) in [7, 11) is 0. The van der Waals surface area contributed by atoms with Crippen LogP contribution in [0.3, 0.4) is 0 Å². The molecular weight excluding hydrogens is 431 g/mol. The molecule has 32 heavy (non-hydrogen) atoms. The van der Waals surface area contributed by atoms with Gasteiger partial charge in [-0.1, -0.05) is 35.9 Å². The fourth-order valence-corrected chi connectivity index (χ4v) is 3.85. The highest BCUT2D eigenvalue weighted by Gasteiger charge is 2.21. The number of fused-ring (bicyclic) bond motifs is 2. The molecule has 3 aromatic rings. The molecular formula is C25H24ClFN2O3. The van der Waals surface area contributed by atoms with Crippen molar-refractivity contribution >= 4 is 17.5 Å². The number of ether oxygens (including phenoxy) is 2. The zero-order chi connectivity index (χ0) is 22.3. The highest BCUT2D eigenvalue weighted by molar-refractivity contribution is 6.31. The second-order valence-corrected chi connectivity index (χ2v) is 8.03. The van der Waals surface area contributed by atoms with Crippen LogP contribution in [-0.2, 0) is 17.8 Å². The Morgan fingerprint density at radius 2 is 1.88 bits per heavy atom. The summed E-state index contributed by atoms with van der Waals surface area (Å²) < 4.78 is 26.3. The van der Waals surface area contributed by atoms with Crippen molar-refractivity contribution in [1.29, 1.82) is 0 Å². The number of pyridine rings is 1. The molecule has 0 unspecified atom stereocenters. The number of benzene rings is 2. The third-order valence-electron chi connectivity index (χ3n) is 5.34. The second kappa shape index (κ2) is 10.5. The van der Waals surface area contributed by atoms with Crippen LogP contribution in [0.1, 0.15) is 30.4 Å². The van der Waals surface area contributed by atoms with Crippen LogP contribution in [0.2, 0.25) is 5.02 Å². The molecule has 0 atom stereocenters. The molecule has 0 saturated carbocycles. The predicted molar refractivity (Wildman–Crippen MR) is 121 cm³/mol.